The molecule has 3 aromatic heterocycles. The van der Waals surface area contributed by atoms with Crippen LogP contribution in [0.5, 0.6) is 0 Å². The van der Waals surface area contributed by atoms with Crippen molar-refractivity contribution in [3.63, 3.8) is 0 Å². The van der Waals surface area contributed by atoms with Crippen molar-refractivity contribution >= 4 is 21.6 Å². The number of nitrogens with zero attached hydrogens (tertiary/aromatic N) is 2. The van der Waals surface area contributed by atoms with E-state index in [1.165, 1.54) is 10.4 Å². The number of H-pyrrole nitrogens is 1. The smallest absolute Gasteiger partial charge is 0.259 e. The molecule has 0 saturated heterocycles. The van der Waals surface area contributed by atoms with Crippen molar-refractivity contribution in [1.29, 1.82) is 0 Å². The lowest BCUT2D eigenvalue weighted by Crippen LogP contribution is -2.35. The van der Waals surface area contributed by atoms with Gasteiger partial charge in [0.2, 0.25) is 0 Å². The first-order chi connectivity index (χ1) is 14.0. The van der Waals surface area contributed by atoms with Gasteiger partial charge < -0.3 is 19.2 Å². The number of aromatic nitrogens is 2. The molecule has 3 aromatic rings. The fourth-order valence-electron chi connectivity index (χ4n) is 3.80. The number of rotatable bonds is 9. The first-order valence-corrected chi connectivity index (χ1v) is 10.9. The van der Waals surface area contributed by atoms with Gasteiger partial charge in [-0.1, -0.05) is 0 Å². The van der Waals surface area contributed by atoms with E-state index in [0.29, 0.717) is 25.5 Å². The van der Waals surface area contributed by atoms with Gasteiger partial charge in [0.15, 0.2) is 0 Å². The fourth-order valence-corrected chi connectivity index (χ4v) is 5.08. The molecule has 156 valence electrons. The molecule has 0 aliphatic heterocycles. The predicted octanol–water partition coefficient (Wildman–Crippen LogP) is 2.85. The number of aliphatic hydroxyl groups excluding tert-OH is 1. The Hall–Kier alpha value is -2.00. The first-order valence-electron chi connectivity index (χ1n) is 10.1. The van der Waals surface area contributed by atoms with Crippen LogP contribution in [0.15, 0.2) is 27.6 Å². The van der Waals surface area contributed by atoms with E-state index in [1.807, 2.05) is 30.9 Å². The molecule has 29 heavy (non-hydrogen) atoms. The maximum Gasteiger partial charge on any atom is 0.259 e. The normalized spacial score (nSPS) is 14.9. The van der Waals surface area contributed by atoms with E-state index in [-0.39, 0.29) is 18.3 Å². The Morgan fingerprint density at radius 3 is 3.00 bits per heavy atom. The summed E-state index contributed by atoms with van der Waals surface area (Å²) in [5, 5.41) is 11.2. The molecular weight excluding hydrogens is 390 g/mol. The Bertz CT molecular complexity index is 1010. The van der Waals surface area contributed by atoms with Gasteiger partial charge in [-0.05, 0) is 50.8 Å². The van der Waals surface area contributed by atoms with Crippen LogP contribution in [0.1, 0.15) is 42.3 Å². The number of aliphatic hydroxyl groups is 1. The molecule has 1 atom stereocenters. The summed E-state index contributed by atoms with van der Waals surface area (Å²) in [5.41, 5.74) is 1.12. The van der Waals surface area contributed by atoms with Gasteiger partial charge in [0, 0.05) is 11.4 Å². The molecule has 1 aliphatic rings. The van der Waals surface area contributed by atoms with Crippen LogP contribution in [0.4, 0.5) is 0 Å². The average molecular weight is 418 g/mol. The summed E-state index contributed by atoms with van der Waals surface area (Å²) in [7, 11) is 0. The number of ether oxygens (including phenoxy) is 1. The highest BCUT2D eigenvalue weighted by atomic mass is 32.1. The zero-order chi connectivity index (χ0) is 20.4. The Labute approximate surface area is 173 Å². The van der Waals surface area contributed by atoms with Crippen molar-refractivity contribution in [2.45, 2.75) is 58.4 Å². The number of hydrogen-bond acceptors (Lipinski definition) is 7. The van der Waals surface area contributed by atoms with Crippen LogP contribution in [-0.2, 0) is 30.7 Å². The molecule has 2 N–H and O–H groups in total. The van der Waals surface area contributed by atoms with Crippen LogP contribution >= 0.6 is 11.3 Å². The highest BCUT2D eigenvalue weighted by molar-refractivity contribution is 7.18. The van der Waals surface area contributed by atoms with Crippen molar-refractivity contribution in [2.24, 2.45) is 0 Å². The molecule has 0 fully saturated rings. The van der Waals surface area contributed by atoms with Crippen LogP contribution in [0.25, 0.3) is 10.2 Å². The van der Waals surface area contributed by atoms with Gasteiger partial charge in [-0.3, -0.25) is 9.69 Å². The average Bonchev–Trinajstić information content (AvgIpc) is 3.37. The van der Waals surface area contributed by atoms with E-state index in [9.17, 15) is 9.90 Å². The van der Waals surface area contributed by atoms with Crippen LogP contribution in [0, 0.1) is 0 Å². The number of furan rings is 1. The monoisotopic (exact) mass is 417 g/mol. The van der Waals surface area contributed by atoms with Gasteiger partial charge in [0.05, 0.1) is 43.6 Å². The third-order valence-electron chi connectivity index (χ3n) is 5.05. The molecule has 0 aromatic carbocycles. The molecule has 1 unspecified atom stereocenters. The molecular formula is C21H27N3O4S. The molecule has 0 spiro atoms. The number of nitrogens with one attached hydrogen (secondary N) is 1. The second kappa shape index (κ2) is 8.79. The zero-order valence-electron chi connectivity index (χ0n) is 16.8. The Kier molecular flexibility index (Phi) is 6.15. The maximum absolute atomic E-state index is 12.7. The van der Waals surface area contributed by atoms with E-state index in [1.54, 1.807) is 17.6 Å². The van der Waals surface area contributed by atoms with Crippen LogP contribution < -0.4 is 5.56 Å². The standard InChI is InChI=1S/C21H27N3O4S/c1-13(2)28-12-14(25)9-24(10-15-5-4-8-27-15)11-18-22-20(26)19-16-6-3-7-17(16)29-21(19)23-18/h4-5,8,13-14,25H,3,6-7,9-12H2,1-2H3,(H,22,23,26). The fraction of sp³-hybridized carbons (Fsp3) is 0.524. The molecule has 0 saturated carbocycles. The molecule has 8 heteroatoms. The second-order valence-electron chi connectivity index (χ2n) is 7.84. The van der Waals surface area contributed by atoms with E-state index in [2.05, 4.69) is 4.98 Å². The minimum atomic E-state index is -0.645. The van der Waals surface area contributed by atoms with Gasteiger partial charge in [-0.15, -0.1) is 11.3 Å². The Morgan fingerprint density at radius 2 is 2.24 bits per heavy atom. The van der Waals surface area contributed by atoms with E-state index in [0.717, 1.165) is 35.2 Å². The third-order valence-corrected chi connectivity index (χ3v) is 6.23. The van der Waals surface area contributed by atoms with Gasteiger partial charge in [0.1, 0.15) is 16.4 Å². The van der Waals surface area contributed by atoms with Crippen LogP contribution in [0.2, 0.25) is 0 Å². The highest BCUT2D eigenvalue weighted by Crippen LogP contribution is 2.34. The minimum Gasteiger partial charge on any atom is -0.468 e. The highest BCUT2D eigenvalue weighted by Gasteiger charge is 2.22. The zero-order valence-corrected chi connectivity index (χ0v) is 17.6. The molecule has 0 bridgehead atoms. The quantitative estimate of drug-likeness (QED) is 0.556. The summed E-state index contributed by atoms with van der Waals surface area (Å²) in [5.74, 6) is 1.39. The SMILES string of the molecule is CC(C)OCC(O)CN(Cc1nc2sc3c(c2c(=O)[nH]1)CCC3)Cc1ccco1. The van der Waals surface area contributed by atoms with Crippen LogP contribution in [-0.4, -0.2) is 45.3 Å². The van der Waals surface area contributed by atoms with Crippen molar-refractivity contribution in [3.8, 4) is 0 Å². The van der Waals surface area contributed by atoms with Crippen molar-refractivity contribution in [3.05, 3.63) is 50.8 Å². The summed E-state index contributed by atoms with van der Waals surface area (Å²) in [6.07, 6.45) is 4.17. The number of fused-ring (bicyclic) bond motifs is 3. The molecule has 4 rings (SSSR count). The van der Waals surface area contributed by atoms with Crippen molar-refractivity contribution in [1.82, 2.24) is 14.9 Å². The van der Waals surface area contributed by atoms with Gasteiger partial charge in [-0.2, -0.15) is 0 Å². The Morgan fingerprint density at radius 1 is 1.38 bits per heavy atom. The summed E-state index contributed by atoms with van der Waals surface area (Å²) >= 11 is 1.63. The summed E-state index contributed by atoms with van der Waals surface area (Å²) < 4.78 is 11.0. The lowest BCUT2D eigenvalue weighted by atomic mass is 10.2. The van der Waals surface area contributed by atoms with Gasteiger partial charge >= 0.3 is 0 Å². The lowest BCUT2D eigenvalue weighted by Gasteiger charge is -2.24. The minimum absolute atomic E-state index is 0.0596. The van der Waals surface area contributed by atoms with Crippen molar-refractivity contribution < 1.29 is 14.3 Å². The van der Waals surface area contributed by atoms with E-state index < -0.39 is 6.10 Å². The molecule has 1 aliphatic carbocycles. The predicted molar refractivity (Wildman–Crippen MR) is 112 cm³/mol. The largest absolute Gasteiger partial charge is 0.468 e. The number of aromatic amines is 1. The molecule has 3 heterocycles. The van der Waals surface area contributed by atoms with Gasteiger partial charge in [0.25, 0.3) is 5.56 Å². The number of aryl methyl sites for hydroxylation is 2. The van der Waals surface area contributed by atoms with Crippen LogP contribution in [0.3, 0.4) is 0 Å². The third kappa shape index (κ3) is 4.78. The summed E-state index contributed by atoms with van der Waals surface area (Å²) in [4.78, 5) is 24.5. The topological polar surface area (TPSA) is 91.6 Å². The number of thiophene rings is 1. The molecule has 0 radical (unpaired) electrons. The van der Waals surface area contributed by atoms with E-state index >= 15 is 0 Å². The van der Waals surface area contributed by atoms with Gasteiger partial charge in [-0.25, -0.2) is 4.98 Å². The second-order valence-corrected chi connectivity index (χ2v) is 8.92. The first kappa shape index (κ1) is 20.3. The van der Waals surface area contributed by atoms with Crippen molar-refractivity contribution in [2.75, 3.05) is 13.2 Å². The summed E-state index contributed by atoms with van der Waals surface area (Å²) in [6, 6.07) is 3.73. The molecule has 7 nitrogen and oxygen atoms in total. The molecule has 0 amide bonds. The summed E-state index contributed by atoms with van der Waals surface area (Å²) in [6.45, 7) is 5.44. The van der Waals surface area contributed by atoms with E-state index in [4.69, 9.17) is 14.1 Å². The Balaban J connectivity index is 1.54. The number of hydrogen-bond donors (Lipinski definition) is 2. The maximum atomic E-state index is 12.7. The lowest BCUT2D eigenvalue weighted by molar-refractivity contribution is -0.0117.